The van der Waals surface area contributed by atoms with Crippen molar-refractivity contribution < 1.29 is 31.1 Å². The van der Waals surface area contributed by atoms with Gasteiger partial charge in [-0.1, -0.05) is 36.4 Å². The smallest absolute Gasteiger partial charge is 0.299 e. The average molecular weight is 442 g/mol. The summed E-state index contributed by atoms with van der Waals surface area (Å²) < 4.78 is 79.0. The number of halogens is 6. The summed E-state index contributed by atoms with van der Waals surface area (Å²) in [5, 5.41) is 0. The lowest BCUT2D eigenvalue weighted by Gasteiger charge is -2.30. The van der Waals surface area contributed by atoms with Crippen molar-refractivity contribution >= 4 is 5.78 Å². The number of carbonyl (C=O) groups is 1. The van der Waals surface area contributed by atoms with Gasteiger partial charge >= 0.3 is 12.4 Å². The van der Waals surface area contributed by atoms with Crippen molar-refractivity contribution in [1.82, 2.24) is 0 Å². The molecule has 0 unspecified atom stereocenters. The van der Waals surface area contributed by atoms with Crippen LogP contribution in [0.4, 0.5) is 26.3 Å². The zero-order valence-electron chi connectivity index (χ0n) is 16.9. The van der Waals surface area contributed by atoms with Crippen molar-refractivity contribution in [1.29, 1.82) is 0 Å². The van der Waals surface area contributed by atoms with E-state index in [1.54, 1.807) is 6.07 Å². The molecule has 1 fully saturated rings. The number of rotatable bonds is 6. The van der Waals surface area contributed by atoms with Crippen molar-refractivity contribution in [3.05, 3.63) is 70.8 Å². The predicted molar refractivity (Wildman–Crippen MR) is 106 cm³/mol. The Morgan fingerprint density at radius 3 is 1.94 bits per heavy atom. The molecular formula is C24H24F6O. The highest BCUT2D eigenvalue weighted by Gasteiger charge is 2.36. The number of hydrogen-bond acceptors (Lipinski definition) is 1. The molecular weight excluding hydrogens is 418 g/mol. The monoisotopic (exact) mass is 442 g/mol. The molecule has 3 rings (SSSR count). The average Bonchev–Trinajstić information content (AvgIpc) is 2.72. The summed E-state index contributed by atoms with van der Waals surface area (Å²) in [6.07, 6.45) is -5.75. The molecule has 0 saturated heterocycles. The summed E-state index contributed by atoms with van der Waals surface area (Å²) in [5.74, 6) is -0.208. The maximum absolute atomic E-state index is 13.3. The number of carbonyl (C=O) groups excluding carboxylic acids is 1. The molecule has 0 radical (unpaired) electrons. The van der Waals surface area contributed by atoms with Gasteiger partial charge in [-0.15, -0.1) is 0 Å². The van der Waals surface area contributed by atoms with E-state index in [0.717, 1.165) is 12.1 Å². The van der Waals surface area contributed by atoms with Gasteiger partial charge < -0.3 is 0 Å². The van der Waals surface area contributed by atoms with Gasteiger partial charge in [0.1, 0.15) is 5.78 Å². The van der Waals surface area contributed by atoms with E-state index in [9.17, 15) is 31.1 Å². The van der Waals surface area contributed by atoms with Gasteiger partial charge in [0.25, 0.3) is 0 Å². The molecule has 2 aromatic carbocycles. The molecule has 0 bridgehead atoms. The third-order valence-electron chi connectivity index (χ3n) is 6.09. The Balaban J connectivity index is 1.52. The predicted octanol–water partition coefficient (Wildman–Crippen LogP) is 7.59. The normalized spacial score (nSPS) is 19.9. The highest BCUT2D eigenvalue weighted by atomic mass is 19.4. The molecule has 7 heteroatoms. The largest absolute Gasteiger partial charge is 0.416 e. The van der Waals surface area contributed by atoms with Crippen molar-refractivity contribution in [2.45, 2.75) is 63.2 Å². The van der Waals surface area contributed by atoms with Gasteiger partial charge in [-0.2, -0.15) is 26.3 Å². The van der Waals surface area contributed by atoms with Gasteiger partial charge in [-0.25, -0.2) is 0 Å². The molecule has 1 aliphatic rings. The molecule has 1 saturated carbocycles. The fourth-order valence-electron chi connectivity index (χ4n) is 4.49. The maximum atomic E-state index is 13.3. The van der Waals surface area contributed by atoms with E-state index in [1.807, 2.05) is 0 Å². The lowest BCUT2D eigenvalue weighted by atomic mass is 9.76. The first-order valence-electron chi connectivity index (χ1n) is 10.4. The lowest BCUT2D eigenvalue weighted by molar-refractivity contribution is -0.139. The van der Waals surface area contributed by atoms with Gasteiger partial charge in [-0.3, -0.25) is 4.79 Å². The van der Waals surface area contributed by atoms with Crippen molar-refractivity contribution in [2.24, 2.45) is 5.92 Å². The van der Waals surface area contributed by atoms with Crippen molar-refractivity contribution in [3.8, 4) is 0 Å². The summed E-state index contributed by atoms with van der Waals surface area (Å²) in [5.41, 5.74) is -1.06. The molecule has 0 amide bonds. The Bertz CT molecular complexity index is 891. The van der Waals surface area contributed by atoms with E-state index >= 15 is 0 Å². The van der Waals surface area contributed by atoms with Gasteiger partial charge in [-0.05, 0) is 67.2 Å². The summed E-state index contributed by atoms with van der Waals surface area (Å²) in [6, 6.07) is 10.7. The van der Waals surface area contributed by atoms with Crippen LogP contribution in [0.5, 0.6) is 0 Å². The first-order valence-corrected chi connectivity index (χ1v) is 10.4. The van der Waals surface area contributed by atoms with Crippen LogP contribution >= 0.6 is 0 Å². The Hall–Kier alpha value is -2.31. The molecule has 1 nitrogen and oxygen atoms in total. The molecule has 168 valence electrons. The molecule has 0 spiro atoms. The zero-order valence-corrected chi connectivity index (χ0v) is 16.9. The van der Waals surface area contributed by atoms with Crippen molar-refractivity contribution in [2.75, 3.05) is 0 Å². The molecule has 0 heterocycles. The Morgan fingerprint density at radius 1 is 0.774 bits per heavy atom. The minimum Gasteiger partial charge on any atom is -0.299 e. The van der Waals surface area contributed by atoms with Gasteiger partial charge in [0.2, 0.25) is 0 Å². The minimum atomic E-state index is -4.50. The molecule has 1 aliphatic carbocycles. The number of ketones is 1. The number of hydrogen-bond donors (Lipinski definition) is 0. The highest BCUT2D eigenvalue weighted by Crippen LogP contribution is 2.42. The van der Waals surface area contributed by atoms with Crippen LogP contribution in [0.25, 0.3) is 0 Å². The third-order valence-corrected chi connectivity index (χ3v) is 6.09. The summed E-state index contributed by atoms with van der Waals surface area (Å²) in [4.78, 5) is 12.3. The molecule has 0 N–H and O–H groups in total. The Morgan fingerprint density at radius 2 is 1.32 bits per heavy atom. The van der Waals surface area contributed by atoms with Crippen LogP contribution in [0, 0.1) is 5.92 Å². The fraction of sp³-hybridized carbons (Fsp3) is 0.458. The highest BCUT2D eigenvalue weighted by molar-refractivity contribution is 5.81. The van der Waals surface area contributed by atoms with Crippen LogP contribution in [0.2, 0.25) is 0 Å². The van der Waals surface area contributed by atoms with Crippen LogP contribution < -0.4 is 0 Å². The first-order chi connectivity index (χ1) is 14.6. The first kappa shape index (κ1) is 23.4. The van der Waals surface area contributed by atoms with E-state index in [4.69, 9.17) is 0 Å². The SMILES string of the molecule is O=C(CCC1CCC(c2ccccc2C(F)(F)F)CC1)Cc1ccccc1C(F)(F)F. The number of Topliss-reactive ketones (excluding diaryl/α,β-unsaturated/α-hetero) is 1. The molecule has 0 aromatic heterocycles. The van der Waals surface area contributed by atoms with E-state index in [-0.39, 0.29) is 36.0 Å². The van der Waals surface area contributed by atoms with Crippen LogP contribution in [-0.2, 0) is 23.6 Å². The van der Waals surface area contributed by atoms with Crippen molar-refractivity contribution in [3.63, 3.8) is 0 Å². The second-order valence-corrected chi connectivity index (χ2v) is 8.21. The van der Waals surface area contributed by atoms with E-state index < -0.39 is 23.5 Å². The van der Waals surface area contributed by atoms with Gasteiger partial charge in [0, 0.05) is 12.8 Å². The Kier molecular flexibility index (Phi) is 7.12. The lowest BCUT2D eigenvalue weighted by Crippen LogP contribution is -2.18. The van der Waals surface area contributed by atoms with Crippen LogP contribution in [-0.4, -0.2) is 5.78 Å². The minimum absolute atomic E-state index is 0.0209. The topological polar surface area (TPSA) is 17.1 Å². The van der Waals surface area contributed by atoms with Crippen LogP contribution in [0.15, 0.2) is 48.5 Å². The molecule has 0 atom stereocenters. The Labute approximate surface area is 177 Å². The van der Waals surface area contributed by atoms with E-state index in [0.29, 0.717) is 37.7 Å². The van der Waals surface area contributed by atoms with Crippen LogP contribution in [0.3, 0.4) is 0 Å². The van der Waals surface area contributed by atoms with E-state index in [1.165, 1.54) is 30.3 Å². The maximum Gasteiger partial charge on any atom is 0.416 e. The van der Waals surface area contributed by atoms with E-state index in [2.05, 4.69) is 0 Å². The second kappa shape index (κ2) is 9.45. The number of benzene rings is 2. The van der Waals surface area contributed by atoms with Gasteiger partial charge in [0.05, 0.1) is 11.1 Å². The fourth-order valence-corrected chi connectivity index (χ4v) is 4.49. The van der Waals surface area contributed by atoms with Gasteiger partial charge in [0.15, 0.2) is 0 Å². The summed E-state index contributed by atoms with van der Waals surface area (Å²) in [7, 11) is 0. The zero-order chi connectivity index (χ0) is 22.6. The number of alkyl halides is 6. The third kappa shape index (κ3) is 6.11. The molecule has 31 heavy (non-hydrogen) atoms. The molecule has 0 aliphatic heterocycles. The standard InChI is InChI=1S/C24H24F6O/c25-23(26,27)21-7-3-1-5-18(21)15-19(31)14-11-16-9-12-17(13-10-16)20-6-2-4-8-22(20)24(28,29)30/h1-8,16-17H,9-15H2. The quantitative estimate of drug-likeness (QED) is 0.421. The van der Waals surface area contributed by atoms with Crippen LogP contribution in [0.1, 0.15) is 66.7 Å². The molecule has 2 aromatic rings. The second-order valence-electron chi connectivity index (χ2n) is 8.21. The summed E-state index contributed by atoms with van der Waals surface area (Å²) >= 11 is 0. The summed E-state index contributed by atoms with van der Waals surface area (Å²) in [6.45, 7) is 0.